The van der Waals surface area contributed by atoms with Crippen LogP contribution in [0.5, 0.6) is 11.5 Å². The van der Waals surface area contributed by atoms with Gasteiger partial charge in [-0.05, 0) is 63.7 Å². The Morgan fingerprint density at radius 1 is 0.583 bits per heavy atom. The van der Waals surface area contributed by atoms with E-state index >= 15 is 0 Å². The number of aliphatic carboxylic acids is 1. The lowest BCUT2D eigenvalue weighted by molar-refractivity contribution is -0.143. The van der Waals surface area contributed by atoms with E-state index in [2.05, 4.69) is 102 Å². The molecule has 48 heavy (non-hydrogen) atoms. The molecule has 0 heterocycles. The molecular formula is C43H43NO4. The van der Waals surface area contributed by atoms with Gasteiger partial charge in [-0.3, -0.25) is 9.69 Å². The molecule has 0 saturated heterocycles. The van der Waals surface area contributed by atoms with Gasteiger partial charge in [-0.1, -0.05) is 135 Å². The van der Waals surface area contributed by atoms with Gasteiger partial charge < -0.3 is 14.6 Å². The van der Waals surface area contributed by atoms with E-state index in [4.69, 9.17) is 9.47 Å². The quantitative estimate of drug-likeness (QED) is 0.121. The van der Waals surface area contributed by atoms with Crippen LogP contribution in [0.15, 0.2) is 133 Å². The van der Waals surface area contributed by atoms with E-state index < -0.39 is 11.9 Å². The maximum absolute atomic E-state index is 12.1. The molecule has 0 amide bonds. The molecular weight excluding hydrogens is 594 g/mol. The molecule has 0 radical (unpaired) electrons. The van der Waals surface area contributed by atoms with Gasteiger partial charge in [0.15, 0.2) is 0 Å². The van der Waals surface area contributed by atoms with E-state index in [1.807, 2.05) is 50.2 Å². The Morgan fingerprint density at radius 3 is 1.48 bits per heavy atom. The van der Waals surface area contributed by atoms with Crippen LogP contribution in [-0.4, -0.2) is 22.5 Å². The number of hydrogen-bond donors (Lipinski definition) is 1. The largest absolute Gasteiger partial charge is 0.489 e. The monoisotopic (exact) mass is 637 g/mol. The number of fused-ring (bicyclic) bond motifs is 2. The molecule has 1 atom stereocenters. The van der Waals surface area contributed by atoms with Gasteiger partial charge in [0.2, 0.25) is 0 Å². The zero-order valence-electron chi connectivity index (χ0n) is 27.7. The molecule has 0 saturated carbocycles. The third-order valence-electron chi connectivity index (χ3n) is 9.14. The van der Waals surface area contributed by atoms with E-state index in [-0.39, 0.29) is 5.92 Å². The summed E-state index contributed by atoms with van der Waals surface area (Å²) in [5.41, 5.74) is 4.39. The van der Waals surface area contributed by atoms with Crippen molar-refractivity contribution < 1.29 is 19.4 Å². The second-order valence-corrected chi connectivity index (χ2v) is 12.8. The molecule has 1 unspecified atom stereocenters. The van der Waals surface area contributed by atoms with Gasteiger partial charge in [0.05, 0.1) is 5.92 Å². The van der Waals surface area contributed by atoms with Crippen LogP contribution in [0.3, 0.4) is 0 Å². The summed E-state index contributed by atoms with van der Waals surface area (Å²) in [6, 6.07) is 45.7. The van der Waals surface area contributed by atoms with Crippen molar-refractivity contribution in [1.29, 1.82) is 0 Å². The van der Waals surface area contributed by atoms with Crippen LogP contribution in [0.4, 0.5) is 0 Å². The zero-order chi connectivity index (χ0) is 33.3. The van der Waals surface area contributed by atoms with Crippen LogP contribution >= 0.6 is 0 Å². The van der Waals surface area contributed by atoms with Crippen LogP contribution in [0, 0.1) is 11.8 Å². The van der Waals surface area contributed by atoms with E-state index in [1.54, 1.807) is 0 Å². The molecule has 0 bridgehead atoms. The highest BCUT2D eigenvalue weighted by Crippen LogP contribution is 2.28. The van der Waals surface area contributed by atoms with Crippen molar-refractivity contribution in [2.45, 2.75) is 46.6 Å². The second-order valence-electron chi connectivity index (χ2n) is 12.8. The highest BCUT2D eigenvalue weighted by molar-refractivity contribution is 5.86. The Hall–Kier alpha value is -5.13. The summed E-state index contributed by atoms with van der Waals surface area (Å²) in [5, 5.41) is 14.7. The number of benzene rings is 6. The van der Waals surface area contributed by atoms with E-state index in [0.29, 0.717) is 39.3 Å². The number of ether oxygens (including phenoxy) is 2. The first-order chi connectivity index (χ1) is 23.5. The molecule has 244 valence electrons. The lowest BCUT2D eigenvalue weighted by Gasteiger charge is -2.27. The Balaban J connectivity index is 1.23. The summed E-state index contributed by atoms with van der Waals surface area (Å²) in [7, 11) is 0. The van der Waals surface area contributed by atoms with Gasteiger partial charge in [-0.25, -0.2) is 0 Å². The number of rotatable bonds is 15. The molecule has 0 aliphatic heterocycles. The van der Waals surface area contributed by atoms with Crippen molar-refractivity contribution in [2.24, 2.45) is 11.8 Å². The minimum absolute atomic E-state index is 0.0389. The molecule has 0 spiro atoms. The summed E-state index contributed by atoms with van der Waals surface area (Å²) >= 11 is 0. The standard InChI is InChI=1S/C43H43NO4/c1-31(2)38(43(45)46)25-26-44(27-34-15-5-9-23-41(34)47-29-36-19-11-17-32-13-3-7-21-39(32)36)28-35-16-6-10-24-42(35)48-30-37-20-12-18-33-14-4-8-22-40(33)37/h3-24,31,38H,25-30H2,1-2H3,(H,45,46). The zero-order valence-corrected chi connectivity index (χ0v) is 27.7. The number of carboxylic acid groups (broad SMARTS) is 1. The summed E-state index contributed by atoms with van der Waals surface area (Å²) in [4.78, 5) is 14.5. The number of carboxylic acids is 1. The van der Waals surface area contributed by atoms with Crippen molar-refractivity contribution in [3.05, 3.63) is 156 Å². The lowest BCUT2D eigenvalue weighted by Crippen LogP contribution is -2.29. The summed E-state index contributed by atoms with van der Waals surface area (Å²) in [5.74, 6) is 0.520. The van der Waals surface area contributed by atoms with E-state index in [0.717, 1.165) is 33.8 Å². The van der Waals surface area contributed by atoms with Gasteiger partial charge >= 0.3 is 5.97 Å². The third-order valence-corrected chi connectivity index (χ3v) is 9.14. The van der Waals surface area contributed by atoms with Crippen molar-refractivity contribution in [3.63, 3.8) is 0 Å². The number of carbonyl (C=O) groups is 1. The number of para-hydroxylation sites is 2. The molecule has 1 N–H and O–H groups in total. The summed E-state index contributed by atoms with van der Waals surface area (Å²) < 4.78 is 13.0. The van der Waals surface area contributed by atoms with Gasteiger partial charge in [0.1, 0.15) is 24.7 Å². The molecule has 6 rings (SSSR count). The second kappa shape index (κ2) is 15.6. The average Bonchev–Trinajstić information content (AvgIpc) is 3.10. The fourth-order valence-electron chi connectivity index (χ4n) is 6.46. The van der Waals surface area contributed by atoms with E-state index in [9.17, 15) is 9.90 Å². The molecule has 6 aromatic rings. The van der Waals surface area contributed by atoms with Crippen LogP contribution < -0.4 is 9.47 Å². The van der Waals surface area contributed by atoms with Crippen molar-refractivity contribution in [3.8, 4) is 11.5 Å². The molecule has 5 nitrogen and oxygen atoms in total. The lowest BCUT2D eigenvalue weighted by atomic mass is 9.92. The molecule has 0 aromatic heterocycles. The molecule has 0 fully saturated rings. The molecule has 0 aliphatic rings. The molecule has 6 aromatic carbocycles. The van der Waals surface area contributed by atoms with E-state index in [1.165, 1.54) is 21.5 Å². The Labute approximate surface area is 283 Å². The smallest absolute Gasteiger partial charge is 0.306 e. The first kappa shape index (κ1) is 32.8. The van der Waals surface area contributed by atoms with Crippen LogP contribution in [0.2, 0.25) is 0 Å². The molecule has 5 heteroatoms. The third kappa shape index (κ3) is 8.04. The van der Waals surface area contributed by atoms with Crippen LogP contribution in [0.1, 0.15) is 42.5 Å². The van der Waals surface area contributed by atoms with Gasteiger partial charge in [0.25, 0.3) is 0 Å². The predicted molar refractivity (Wildman–Crippen MR) is 194 cm³/mol. The first-order valence-corrected chi connectivity index (χ1v) is 16.8. The average molecular weight is 638 g/mol. The summed E-state index contributed by atoms with van der Waals surface area (Å²) in [6.45, 7) is 6.70. The topological polar surface area (TPSA) is 59.0 Å². The van der Waals surface area contributed by atoms with Crippen molar-refractivity contribution in [1.82, 2.24) is 4.90 Å². The Bertz CT molecular complexity index is 1840. The van der Waals surface area contributed by atoms with Crippen LogP contribution in [-0.2, 0) is 31.1 Å². The minimum atomic E-state index is -0.748. The fourth-order valence-corrected chi connectivity index (χ4v) is 6.46. The normalized spacial score (nSPS) is 12.1. The highest BCUT2D eigenvalue weighted by atomic mass is 16.5. The fraction of sp³-hybridized carbons (Fsp3) is 0.233. The van der Waals surface area contributed by atoms with Crippen molar-refractivity contribution >= 4 is 27.5 Å². The maximum Gasteiger partial charge on any atom is 0.306 e. The van der Waals surface area contributed by atoms with Gasteiger partial charge in [-0.2, -0.15) is 0 Å². The van der Waals surface area contributed by atoms with Gasteiger partial charge in [-0.15, -0.1) is 0 Å². The highest BCUT2D eigenvalue weighted by Gasteiger charge is 2.23. The Morgan fingerprint density at radius 2 is 1.00 bits per heavy atom. The SMILES string of the molecule is CC(C)C(CCN(Cc1ccccc1OCc1cccc2ccccc12)Cc1ccccc1OCc1cccc2ccccc12)C(=O)O. The number of hydrogen-bond acceptors (Lipinski definition) is 4. The predicted octanol–water partition coefficient (Wildman–Crippen LogP) is 9.90. The Kier molecular flexibility index (Phi) is 10.7. The first-order valence-electron chi connectivity index (χ1n) is 16.8. The minimum Gasteiger partial charge on any atom is -0.489 e. The number of nitrogens with zero attached hydrogens (tertiary/aromatic N) is 1. The maximum atomic E-state index is 12.1. The van der Waals surface area contributed by atoms with Gasteiger partial charge in [0, 0.05) is 24.2 Å². The van der Waals surface area contributed by atoms with Crippen molar-refractivity contribution in [2.75, 3.05) is 6.54 Å². The molecule has 0 aliphatic carbocycles. The van der Waals surface area contributed by atoms with Crippen LogP contribution in [0.25, 0.3) is 21.5 Å². The summed E-state index contributed by atoms with van der Waals surface area (Å²) in [6.07, 6.45) is 0.547.